The van der Waals surface area contributed by atoms with Crippen molar-refractivity contribution in [1.82, 2.24) is 14.7 Å². The molecule has 0 aliphatic rings. The molecule has 2 aromatic rings. The number of aromatic nitrogens is 2. The van der Waals surface area contributed by atoms with E-state index >= 15 is 0 Å². The van der Waals surface area contributed by atoms with Gasteiger partial charge in [0.05, 0.1) is 5.52 Å². The fraction of sp³-hybridized carbons (Fsp3) is 0.333. The number of likely N-dealkylation sites (N-methyl/N-ethyl adjacent to an activating group) is 1. The number of nitrogens with one attached hydrogen (secondary N) is 1. The van der Waals surface area contributed by atoms with Gasteiger partial charge in [0.25, 0.3) is 0 Å². The summed E-state index contributed by atoms with van der Waals surface area (Å²) < 4.78 is 2.71. The number of carbonyl (C=O) groups is 1. The summed E-state index contributed by atoms with van der Waals surface area (Å²) in [4.78, 5) is 15.4. The Balaban J connectivity index is 2.58. The SMILES string of the molecule is CNC(C)Cc1nc(C(=O)O)c2ccc(Br)cn12. The van der Waals surface area contributed by atoms with Crippen molar-refractivity contribution >= 4 is 27.4 Å². The van der Waals surface area contributed by atoms with E-state index in [1.54, 1.807) is 6.07 Å². The van der Waals surface area contributed by atoms with Crippen LogP contribution in [-0.2, 0) is 6.42 Å². The van der Waals surface area contributed by atoms with Gasteiger partial charge < -0.3 is 14.8 Å². The number of hydrogen-bond donors (Lipinski definition) is 2. The third-order valence-electron chi connectivity index (χ3n) is 2.86. The largest absolute Gasteiger partial charge is 0.476 e. The number of nitrogens with zero attached hydrogens (tertiary/aromatic N) is 2. The molecule has 96 valence electrons. The van der Waals surface area contributed by atoms with Crippen LogP contribution in [0.5, 0.6) is 0 Å². The van der Waals surface area contributed by atoms with Crippen molar-refractivity contribution < 1.29 is 9.90 Å². The molecule has 0 bridgehead atoms. The molecule has 1 unspecified atom stereocenters. The van der Waals surface area contributed by atoms with Crippen molar-refractivity contribution in [3.05, 3.63) is 34.3 Å². The zero-order valence-corrected chi connectivity index (χ0v) is 11.7. The first-order valence-electron chi connectivity index (χ1n) is 5.60. The van der Waals surface area contributed by atoms with Crippen LogP contribution in [0.2, 0.25) is 0 Å². The van der Waals surface area contributed by atoms with Crippen molar-refractivity contribution in [2.45, 2.75) is 19.4 Å². The summed E-state index contributed by atoms with van der Waals surface area (Å²) in [5, 5.41) is 12.3. The van der Waals surface area contributed by atoms with E-state index in [1.807, 2.05) is 30.6 Å². The maximum Gasteiger partial charge on any atom is 0.356 e. The fourth-order valence-electron chi connectivity index (χ4n) is 1.80. The van der Waals surface area contributed by atoms with Crippen LogP contribution in [0.25, 0.3) is 5.52 Å². The van der Waals surface area contributed by atoms with Crippen LogP contribution < -0.4 is 5.32 Å². The van der Waals surface area contributed by atoms with Gasteiger partial charge in [-0.15, -0.1) is 0 Å². The van der Waals surface area contributed by atoms with Gasteiger partial charge in [-0.3, -0.25) is 0 Å². The Morgan fingerprint density at radius 3 is 2.94 bits per heavy atom. The van der Waals surface area contributed by atoms with Gasteiger partial charge in [0.15, 0.2) is 5.69 Å². The van der Waals surface area contributed by atoms with E-state index in [1.165, 1.54) is 0 Å². The Bertz CT molecular complexity index is 594. The van der Waals surface area contributed by atoms with E-state index < -0.39 is 5.97 Å². The van der Waals surface area contributed by atoms with E-state index in [0.29, 0.717) is 11.9 Å². The highest BCUT2D eigenvalue weighted by atomic mass is 79.9. The standard InChI is InChI=1S/C12H14BrN3O2/c1-7(14-2)5-10-15-11(12(17)18)9-4-3-8(13)6-16(9)10/h3-4,6-7,14H,5H2,1-2H3,(H,17,18). The molecule has 2 N–H and O–H groups in total. The number of fused-ring (bicyclic) bond motifs is 1. The number of aromatic carboxylic acids is 1. The molecule has 6 heteroatoms. The van der Waals surface area contributed by atoms with Crippen LogP contribution in [0.4, 0.5) is 0 Å². The lowest BCUT2D eigenvalue weighted by Crippen LogP contribution is -2.24. The van der Waals surface area contributed by atoms with Crippen molar-refractivity contribution in [2.24, 2.45) is 0 Å². The second kappa shape index (κ2) is 5.07. The van der Waals surface area contributed by atoms with E-state index in [2.05, 4.69) is 26.2 Å². The van der Waals surface area contributed by atoms with Crippen molar-refractivity contribution in [1.29, 1.82) is 0 Å². The lowest BCUT2D eigenvalue weighted by atomic mass is 10.2. The predicted molar refractivity (Wildman–Crippen MR) is 72.1 cm³/mol. The lowest BCUT2D eigenvalue weighted by molar-refractivity contribution is 0.0693. The van der Waals surface area contributed by atoms with Crippen LogP contribution in [0.15, 0.2) is 22.8 Å². The average Bonchev–Trinajstić information content (AvgIpc) is 2.67. The first kappa shape index (κ1) is 13.0. The molecular weight excluding hydrogens is 298 g/mol. The number of carboxylic acid groups (broad SMARTS) is 1. The summed E-state index contributed by atoms with van der Waals surface area (Å²) in [5.41, 5.74) is 0.713. The quantitative estimate of drug-likeness (QED) is 0.905. The molecule has 1 atom stereocenters. The van der Waals surface area contributed by atoms with E-state index in [9.17, 15) is 4.79 Å². The minimum absolute atomic E-state index is 0.0980. The molecular formula is C12H14BrN3O2. The van der Waals surface area contributed by atoms with Crippen LogP contribution in [0.3, 0.4) is 0 Å². The zero-order valence-electron chi connectivity index (χ0n) is 10.1. The smallest absolute Gasteiger partial charge is 0.356 e. The number of halogens is 1. The number of rotatable bonds is 4. The van der Waals surface area contributed by atoms with Crippen LogP contribution in [-0.4, -0.2) is 33.6 Å². The van der Waals surface area contributed by atoms with Gasteiger partial charge in [0.1, 0.15) is 5.82 Å². The third kappa shape index (κ3) is 2.39. The van der Waals surface area contributed by atoms with Crippen molar-refractivity contribution in [2.75, 3.05) is 7.05 Å². The van der Waals surface area contributed by atoms with Gasteiger partial charge in [-0.25, -0.2) is 9.78 Å². The molecule has 2 aromatic heterocycles. The molecule has 0 aliphatic heterocycles. The Morgan fingerprint density at radius 2 is 2.33 bits per heavy atom. The molecule has 0 saturated carbocycles. The summed E-state index contributed by atoms with van der Waals surface area (Å²) >= 11 is 3.38. The first-order chi connectivity index (χ1) is 8.52. The number of hydrogen-bond acceptors (Lipinski definition) is 3. The predicted octanol–water partition coefficient (Wildman–Crippen LogP) is 1.95. The summed E-state index contributed by atoms with van der Waals surface area (Å²) in [6.45, 7) is 2.03. The van der Waals surface area contributed by atoms with E-state index in [4.69, 9.17) is 5.11 Å². The summed E-state index contributed by atoms with van der Waals surface area (Å²) in [6.07, 6.45) is 2.51. The van der Waals surface area contributed by atoms with Crippen molar-refractivity contribution in [3.63, 3.8) is 0 Å². The molecule has 0 saturated heterocycles. The van der Waals surface area contributed by atoms with E-state index in [-0.39, 0.29) is 11.7 Å². The maximum atomic E-state index is 11.2. The van der Waals surface area contributed by atoms with Gasteiger partial charge in [0.2, 0.25) is 0 Å². The van der Waals surface area contributed by atoms with Crippen LogP contribution >= 0.6 is 15.9 Å². The summed E-state index contributed by atoms with van der Waals surface area (Å²) in [6, 6.07) is 3.80. The Morgan fingerprint density at radius 1 is 1.61 bits per heavy atom. The Labute approximate surface area is 113 Å². The first-order valence-corrected chi connectivity index (χ1v) is 6.39. The number of pyridine rings is 1. The molecule has 0 radical (unpaired) electrons. The topological polar surface area (TPSA) is 66.6 Å². The normalized spacial score (nSPS) is 12.8. The molecule has 0 aliphatic carbocycles. The minimum Gasteiger partial charge on any atom is -0.476 e. The molecule has 5 nitrogen and oxygen atoms in total. The minimum atomic E-state index is -1.00. The highest BCUT2D eigenvalue weighted by molar-refractivity contribution is 9.10. The lowest BCUT2D eigenvalue weighted by Gasteiger charge is -2.08. The van der Waals surface area contributed by atoms with Gasteiger partial charge in [-0.05, 0) is 42.0 Å². The molecule has 0 spiro atoms. The Kier molecular flexibility index (Phi) is 3.68. The number of imidazole rings is 1. The van der Waals surface area contributed by atoms with Crippen molar-refractivity contribution in [3.8, 4) is 0 Å². The van der Waals surface area contributed by atoms with Gasteiger partial charge in [0, 0.05) is 23.1 Å². The highest BCUT2D eigenvalue weighted by Crippen LogP contribution is 2.18. The summed E-state index contributed by atoms with van der Waals surface area (Å²) in [7, 11) is 1.87. The van der Waals surface area contributed by atoms with Crippen LogP contribution in [0.1, 0.15) is 23.2 Å². The number of carboxylic acids is 1. The van der Waals surface area contributed by atoms with Gasteiger partial charge in [-0.2, -0.15) is 0 Å². The molecule has 0 fully saturated rings. The zero-order chi connectivity index (χ0) is 13.3. The molecule has 0 aromatic carbocycles. The van der Waals surface area contributed by atoms with Gasteiger partial charge >= 0.3 is 5.97 Å². The highest BCUT2D eigenvalue weighted by Gasteiger charge is 2.17. The molecule has 0 amide bonds. The molecule has 18 heavy (non-hydrogen) atoms. The monoisotopic (exact) mass is 311 g/mol. The Hall–Kier alpha value is -1.40. The van der Waals surface area contributed by atoms with E-state index in [0.717, 1.165) is 10.3 Å². The molecule has 2 rings (SSSR count). The molecule has 2 heterocycles. The fourth-order valence-corrected chi connectivity index (χ4v) is 2.14. The average molecular weight is 312 g/mol. The third-order valence-corrected chi connectivity index (χ3v) is 3.33. The maximum absolute atomic E-state index is 11.2. The van der Waals surface area contributed by atoms with Crippen LogP contribution in [0, 0.1) is 0 Å². The second-order valence-electron chi connectivity index (χ2n) is 4.18. The summed E-state index contributed by atoms with van der Waals surface area (Å²) in [5.74, 6) is -0.260. The second-order valence-corrected chi connectivity index (χ2v) is 5.09. The van der Waals surface area contributed by atoms with Gasteiger partial charge in [-0.1, -0.05) is 0 Å².